The molecular weight excluding hydrogens is 334 g/mol. The SMILES string of the molecule is CO/C(=N\[S+]([O-])c1nc(-c2ccc(OC)cc2)ns1)C(C)(C)C. The molecule has 0 aliphatic carbocycles. The van der Waals surface area contributed by atoms with E-state index in [0.717, 1.165) is 22.8 Å². The molecule has 6 nitrogen and oxygen atoms in total. The Labute approximate surface area is 143 Å². The molecule has 0 bridgehead atoms. The van der Waals surface area contributed by atoms with Gasteiger partial charge in [-0.05, 0) is 28.7 Å². The van der Waals surface area contributed by atoms with Gasteiger partial charge in [0.25, 0.3) is 0 Å². The largest absolute Gasteiger partial charge is 0.584 e. The predicted molar refractivity (Wildman–Crippen MR) is 92.2 cm³/mol. The molecule has 0 saturated heterocycles. The Kier molecular flexibility index (Phi) is 5.61. The maximum absolute atomic E-state index is 12.3. The Morgan fingerprint density at radius 1 is 1.22 bits per heavy atom. The molecule has 0 aliphatic heterocycles. The van der Waals surface area contributed by atoms with Crippen molar-refractivity contribution in [3.8, 4) is 17.1 Å². The lowest BCUT2D eigenvalue weighted by Crippen LogP contribution is -2.23. The molecule has 0 radical (unpaired) electrons. The lowest BCUT2D eigenvalue weighted by Gasteiger charge is -2.18. The minimum atomic E-state index is -1.64. The summed E-state index contributed by atoms with van der Waals surface area (Å²) < 4.78 is 31.4. The van der Waals surface area contributed by atoms with Gasteiger partial charge in [-0.15, -0.1) is 0 Å². The Bertz CT molecular complexity index is 678. The van der Waals surface area contributed by atoms with Crippen LogP contribution in [-0.2, 0) is 16.1 Å². The van der Waals surface area contributed by atoms with E-state index in [9.17, 15) is 4.55 Å². The van der Waals surface area contributed by atoms with Gasteiger partial charge in [-0.2, -0.15) is 9.36 Å². The van der Waals surface area contributed by atoms with Crippen LogP contribution < -0.4 is 4.74 Å². The zero-order chi connectivity index (χ0) is 17.0. The number of aromatic nitrogens is 2. The maximum atomic E-state index is 12.3. The summed E-state index contributed by atoms with van der Waals surface area (Å²) in [5.74, 6) is 1.69. The third-order valence-electron chi connectivity index (χ3n) is 2.91. The van der Waals surface area contributed by atoms with Crippen LogP contribution in [0.15, 0.2) is 33.0 Å². The van der Waals surface area contributed by atoms with E-state index in [4.69, 9.17) is 9.47 Å². The Balaban J connectivity index is 2.22. The Morgan fingerprint density at radius 3 is 2.39 bits per heavy atom. The van der Waals surface area contributed by atoms with Crippen molar-refractivity contribution in [3.05, 3.63) is 24.3 Å². The molecule has 1 atom stereocenters. The van der Waals surface area contributed by atoms with Crippen LogP contribution in [-0.4, -0.2) is 34.0 Å². The monoisotopic (exact) mass is 353 g/mol. The number of methoxy groups -OCH3 is 2. The van der Waals surface area contributed by atoms with Crippen LogP contribution in [0.5, 0.6) is 5.75 Å². The first kappa shape index (κ1) is 17.7. The number of rotatable bonds is 4. The highest BCUT2D eigenvalue weighted by Crippen LogP contribution is 2.25. The smallest absolute Gasteiger partial charge is 0.351 e. The predicted octanol–water partition coefficient (Wildman–Crippen LogP) is 3.33. The first-order chi connectivity index (χ1) is 10.8. The van der Waals surface area contributed by atoms with Crippen LogP contribution >= 0.6 is 11.5 Å². The minimum Gasteiger partial charge on any atom is -0.584 e. The van der Waals surface area contributed by atoms with Crippen LogP contribution in [0, 0.1) is 5.41 Å². The van der Waals surface area contributed by atoms with E-state index < -0.39 is 11.4 Å². The first-order valence-corrected chi connectivity index (χ1v) is 8.76. The van der Waals surface area contributed by atoms with E-state index >= 15 is 0 Å². The standard InChI is InChI=1S/C15H19N3O3S2/c1-15(2,3)13(21-5)18-23(19)14-16-12(17-22-14)10-6-8-11(20-4)9-7-10/h6-9H,1-5H3/b18-13-. The summed E-state index contributed by atoms with van der Waals surface area (Å²) in [5.41, 5.74) is 0.505. The van der Waals surface area contributed by atoms with E-state index in [0.29, 0.717) is 16.1 Å². The summed E-state index contributed by atoms with van der Waals surface area (Å²) in [4.78, 5) is 4.31. The van der Waals surface area contributed by atoms with Crippen molar-refractivity contribution in [1.29, 1.82) is 0 Å². The van der Waals surface area contributed by atoms with Crippen molar-refractivity contribution in [2.45, 2.75) is 25.1 Å². The van der Waals surface area contributed by atoms with Gasteiger partial charge in [-0.3, -0.25) is 0 Å². The van der Waals surface area contributed by atoms with Crippen molar-refractivity contribution in [2.24, 2.45) is 9.81 Å². The topological polar surface area (TPSA) is 79.7 Å². The molecule has 1 aromatic heterocycles. The highest BCUT2D eigenvalue weighted by Gasteiger charge is 2.27. The number of benzene rings is 1. The van der Waals surface area contributed by atoms with E-state index in [2.05, 4.69) is 13.8 Å². The normalized spacial score (nSPS) is 13.7. The van der Waals surface area contributed by atoms with Crippen LogP contribution in [0.4, 0.5) is 0 Å². The molecule has 2 rings (SSSR count). The summed E-state index contributed by atoms with van der Waals surface area (Å²) in [5, 5.41) is 0. The quantitative estimate of drug-likeness (QED) is 0.478. The summed E-state index contributed by atoms with van der Waals surface area (Å²) in [6, 6.07) is 7.36. The van der Waals surface area contributed by atoms with Crippen LogP contribution in [0.2, 0.25) is 0 Å². The fraction of sp³-hybridized carbons (Fsp3) is 0.400. The van der Waals surface area contributed by atoms with E-state index in [1.54, 1.807) is 7.11 Å². The fourth-order valence-electron chi connectivity index (χ4n) is 1.73. The second-order valence-electron chi connectivity index (χ2n) is 5.71. The summed E-state index contributed by atoms with van der Waals surface area (Å²) in [6.45, 7) is 5.82. The van der Waals surface area contributed by atoms with Gasteiger partial charge < -0.3 is 14.0 Å². The fourth-order valence-corrected chi connectivity index (χ4v) is 3.39. The van der Waals surface area contributed by atoms with Crippen LogP contribution in [0.25, 0.3) is 11.4 Å². The molecule has 0 spiro atoms. The molecule has 8 heteroatoms. The van der Waals surface area contributed by atoms with Gasteiger partial charge in [-0.25, -0.2) is 0 Å². The summed E-state index contributed by atoms with van der Waals surface area (Å²) >= 11 is -0.565. The number of hydrogen-bond acceptors (Lipinski definition) is 7. The van der Waals surface area contributed by atoms with Gasteiger partial charge in [0, 0.05) is 22.5 Å². The maximum Gasteiger partial charge on any atom is 0.351 e. The van der Waals surface area contributed by atoms with E-state index in [-0.39, 0.29) is 5.41 Å². The Hall–Kier alpha value is -1.64. The highest BCUT2D eigenvalue weighted by atomic mass is 32.2. The van der Waals surface area contributed by atoms with Crippen molar-refractivity contribution >= 4 is 28.8 Å². The van der Waals surface area contributed by atoms with Crippen molar-refractivity contribution < 1.29 is 14.0 Å². The lowest BCUT2D eigenvalue weighted by molar-refractivity contribution is 0.338. The summed E-state index contributed by atoms with van der Waals surface area (Å²) in [7, 11) is 3.13. The van der Waals surface area contributed by atoms with Gasteiger partial charge in [0.05, 0.1) is 14.2 Å². The van der Waals surface area contributed by atoms with E-state index in [1.807, 2.05) is 45.0 Å². The zero-order valence-corrected chi connectivity index (χ0v) is 15.3. The van der Waals surface area contributed by atoms with Crippen molar-refractivity contribution in [1.82, 2.24) is 9.36 Å². The van der Waals surface area contributed by atoms with Crippen molar-refractivity contribution in [2.75, 3.05) is 14.2 Å². The minimum absolute atomic E-state index is 0.325. The summed E-state index contributed by atoms with van der Waals surface area (Å²) in [6.07, 6.45) is 0. The van der Waals surface area contributed by atoms with Gasteiger partial charge in [-0.1, -0.05) is 20.8 Å². The van der Waals surface area contributed by atoms with Gasteiger partial charge in [0.1, 0.15) is 5.75 Å². The lowest BCUT2D eigenvalue weighted by atomic mass is 9.97. The number of ether oxygens (including phenoxy) is 2. The van der Waals surface area contributed by atoms with Crippen molar-refractivity contribution in [3.63, 3.8) is 0 Å². The average molecular weight is 353 g/mol. The third-order valence-corrected chi connectivity index (χ3v) is 4.79. The molecule has 0 amide bonds. The first-order valence-electron chi connectivity index (χ1n) is 6.88. The number of hydrogen-bond donors (Lipinski definition) is 0. The second kappa shape index (κ2) is 7.29. The van der Waals surface area contributed by atoms with Gasteiger partial charge in [0.2, 0.25) is 5.90 Å². The molecule has 1 aromatic carbocycles. The molecule has 1 unspecified atom stereocenters. The average Bonchev–Trinajstić information content (AvgIpc) is 3.01. The molecule has 0 saturated carbocycles. The molecule has 1 heterocycles. The molecular formula is C15H19N3O3S2. The Morgan fingerprint density at radius 2 is 1.87 bits per heavy atom. The molecule has 124 valence electrons. The molecule has 2 aromatic rings. The third kappa shape index (κ3) is 4.43. The molecule has 23 heavy (non-hydrogen) atoms. The van der Waals surface area contributed by atoms with Gasteiger partial charge in [0.15, 0.2) is 17.2 Å². The van der Waals surface area contributed by atoms with Crippen LogP contribution in [0.3, 0.4) is 0 Å². The molecule has 0 N–H and O–H groups in total. The van der Waals surface area contributed by atoms with Gasteiger partial charge >= 0.3 is 4.34 Å². The number of nitrogens with zero attached hydrogens (tertiary/aromatic N) is 3. The molecule has 0 fully saturated rings. The molecule has 0 aliphatic rings. The van der Waals surface area contributed by atoms with E-state index in [1.165, 1.54) is 7.11 Å². The second-order valence-corrected chi connectivity index (χ2v) is 7.79. The van der Waals surface area contributed by atoms with Crippen LogP contribution in [0.1, 0.15) is 20.8 Å². The highest BCUT2D eigenvalue weighted by molar-refractivity contribution is 7.92. The zero-order valence-electron chi connectivity index (χ0n) is 13.7.